The molecule has 0 aromatic carbocycles. The normalized spacial score (nSPS) is 30.8. The molecule has 0 bridgehead atoms. The first-order valence-corrected chi connectivity index (χ1v) is 19.9. The molecule has 2 saturated heterocycles. The summed E-state index contributed by atoms with van der Waals surface area (Å²) in [5.41, 5.74) is 0. The minimum Gasteiger partial charge on any atom is -0.394 e. The maximum atomic E-state index is 12.8. The van der Waals surface area contributed by atoms with Crippen molar-refractivity contribution in [2.24, 2.45) is 0 Å². The van der Waals surface area contributed by atoms with E-state index in [9.17, 15) is 45.6 Å². The third-order valence-electron chi connectivity index (χ3n) is 9.97. The van der Waals surface area contributed by atoms with Crippen LogP contribution in [0.5, 0.6) is 0 Å². The molecule has 14 nitrogen and oxygen atoms in total. The zero-order valence-corrected chi connectivity index (χ0v) is 31.6. The average molecular weight is 750 g/mol. The van der Waals surface area contributed by atoms with E-state index in [1.807, 2.05) is 6.08 Å². The first-order valence-electron chi connectivity index (χ1n) is 19.9. The Kier molecular flexibility index (Phi) is 24.6. The van der Waals surface area contributed by atoms with Gasteiger partial charge in [-0.3, -0.25) is 4.79 Å². The Morgan fingerprint density at radius 1 is 0.673 bits per heavy atom. The van der Waals surface area contributed by atoms with Gasteiger partial charge in [0.2, 0.25) is 5.91 Å². The summed E-state index contributed by atoms with van der Waals surface area (Å²) in [6.45, 7) is 2.64. The van der Waals surface area contributed by atoms with E-state index in [0.29, 0.717) is 6.42 Å². The highest BCUT2D eigenvalue weighted by Crippen LogP contribution is 2.29. The zero-order valence-electron chi connectivity index (χ0n) is 31.6. The molecular formula is C38H71NO13. The van der Waals surface area contributed by atoms with E-state index in [0.717, 1.165) is 44.9 Å². The largest absolute Gasteiger partial charge is 0.394 e. The highest BCUT2D eigenvalue weighted by molar-refractivity contribution is 5.76. The predicted molar refractivity (Wildman–Crippen MR) is 194 cm³/mol. The lowest BCUT2D eigenvalue weighted by Crippen LogP contribution is -2.65. The Labute approximate surface area is 310 Å². The number of hydrogen-bond acceptors (Lipinski definition) is 13. The van der Waals surface area contributed by atoms with Crippen molar-refractivity contribution in [1.82, 2.24) is 5.32 Å². The Balaban J connectivity index is 1.93. The van der Waals surface area contributed by atoms with Crippen LogP contribution in [0.2, 0.25) is 0 Å². The molecule has 1 amide bonds. The predicted octanol–water partition coefficient (Wildman–Crippen LogP) is 2.09. The lowest BCUT2D eigenvalue weighted by Gasteiger charge is -2.46. The van der Waals surface area contributed by atoms with Crippen molar-refractivity contribution in [2.45, 2.75) is 203 Å². The van der Waals surface area contributed by atoms with Crippen LogP contribution in [0.1, 0.15) is 129 Å². The molecule has 2 aliphatic heterocycles. The second-order valence-electron chi connectivity index (χ2n) is 14.4. The molecule has 2 heterocycles. The number of carbonyl (C=O) groups excluding carboxylic acids is 1. The molecule has 0 aromatic rings. The minimum absolute atomic E-state index is 0.255. The molecule has 52 heavy (non-hydrogen) atoms. The van der Waals surface area contributed by atoms with E-state index >= 15 is 0 Å². The van der Waals surface area contributed by atoms with E-state index in [-0.39, 0.29) is 18.9 Å². The van der Waals surface area contributed by atoms with Crippen LogP contribution in [-0.2, 0) is 23.7 Å². The Morgan fingerprint density at radius 3 is 1.77 bits per heavy atom. The number of rotatable bonds is 28. The highest BCUT2D eigenvalue weighted by atomic mass is 16.7. The standard InChI is InChI=1S/C38H71NO13/c1-3-5-7-9-10-11-12-13-14-15-16-18-19-21-27(42)26(39-30(43)22-20-17-8-6-4-2)25-49-37-35(48)33(46)36(29(24-41)51-37)52-38-34(47)32(45)31(44)28(23-40)50-38/h19,21,26-29,31-38,40-42,44-48H,3-18,20,22-25H2,1-2H3,(H,39,43)/b21-19+/t26-,27+,28?,29?,31?,32?,33?,34?,35?,36?,37?,38?/m0/s1. The summed E-state index contributed by atoms with van der Waals surface area (Å²) in [5.74, 6) is -0.255. The number of amides is 1. The van der Waals surface area contributed by atoms with Gasteiger partial charge in [-0.1, -0.05) is 116 Å². The van der Waals surface area contributed by atoms with Crippen molar-refractivity contribution >= 4 is 5.91 Å². The average Bonchev–Trinajstić information content (AvgIpc) is 3.14. The van der Waals surface area contributed by atoms with E-state index in [1.165, 1.54) is 57.8 Å². The van der Waals surface area contributed by atoms with Crippen molar-refractivity contribution in [3.63, 3.8) is 0 Å². The number of aliphatic hydroxyl groups excluding tert-OH is 8. The van der Waals surface area contributed by atoms with Gasteiger partial charge >= 0.3 is 0 Å². The van der Waals surface area contributed by atoms with Gasteiger partial charge < -0.3 is 65.1 Å². The van der Waals surface area contributed by atoms with Crippen LogP contribution < -0.4 is 5.32 Å². The quantitative estimate of drug-likeness (QED) is 0.0413. The van der Waals surface area contributed by atoms with Gasteiger partial charge in [-0.25, -0.2) is 0 Å². The smallest absolute Gasteiger partial charge is 0.220 e. The van der Waals surface area contributed by atoms with Crippen molar-refractivity contribution in [3.05, 3.63) is 12.2 Å². The lowest BCUT2D eigenvalue weighted by molar-refractivity contribution is -0.359. The molecule has 2 fully saturated rings. The van der Waals surface area contributed by atoms with E-state index in [4.69, 9.17) is 18.9 Å². The Morgan fingerprint density at radius 2 is 1.19 bits per heavy atom. The van der Waals surface area contributed by atoms with Crippen LogP contribution in [0.15, 0.2) is 12.2 Å². The number of unbranched alkanes of at least 4 members (excludes halogenated alkanes) is 15. The fraction of sp³-hybridized carbons (Fsp3) is 0.921. The summed E-state index contributed by atoms with van der Waals surface area (Å²) in [6, 6.07) is -0.902. The molecule has 0 radical (unpaired) electrons. The molecule has 306 valence electrons. The number of hydrogen-bond donors (Lipinski definition) is 9. The van der Waals surface area contributed by atoms with Gasteiger partial charge in [0.15, 0.2) is 12.6 Å². The first kappa shape index (κ1) is 46.9. The van der Waals surface area contributed by atoms with E-state index in [2.05, 4.69) is 19.2 Å². The summed E-state index contributed by atoms with van der Waals surface area (Å²) < 4.78 is 22.5. The molecule has 10 unspecified atom stereocenters. The van der Waals surface area contributed by atoms with E-state index < -0.39 is 86.8 Å². The van der Waals surface area contributed by atoms with Gasteiger partial charge in [-0.05, 0) is 19.3 Å². The Bertz CT molecular complexity index is 941. The maximum absolute atomic E-state index is 12.8. The van der Waals surface area contributed by atoms with Crippen LogP contribution in [0, 0.1) is 0 Å². The summed E-state index contributed by atoms with van der Waals surface area (Å²) in [5, 5.41) is 85.8. The summed E-state index contributed by atoms with van der Waals surface area (Å²) >= 11 is 0. The van der Waals surface area contributed by atoms with Crippen LogP contribution in [-0.4, -0.2) is 140 Å². The Hall–Kier alpha value is -1.27. The molecule has 0 spiro atoms. The van der Waals surface area contributed by atoms with Gasteiger partial charge in [0, 0.05) is 6.42 Å². The number of carbonyl (C=O) groups is 1. The monoisotopic (exact) mass is 749 g/mol. The molecule has 2 rings (SSSR count). The van der Waals surface area contributed by atoms with Gasteiger partial charge in [-0.2, -0.15) is 0 Å². The minimum atomic E-state index is -1.78. The molecule has 0 aromatic heterocycles. The lowest BCUT2D eigenvalue weighted by atomic mass is 9.97. The van der Waals surface area contributed by atoms with Crippen LogP contribution in [0.4, 0.5) is 0 Å². The zero-order chi connectivity index (χ0) is 38.3. The molecule has 12 atom stereocenters. The van der Waals surface area contributed by atoms with Crippen molar-refractivity contribution in [1.29, 1.82) is 0 Å². The van der Waals surface area contributed by atoms with Crippen LogP contribution >= 0.6 is 0 Å². The molecule has 0 saturated carbocycles. The van der Waals surface area contributed by atoms with Gasteiger partial charge in [0.25, 0.3) is 0 Å². The highest BCUT2D eigenvalue weighted by Gasteiger charge is 2.50. The summed E-state index contributed by atoms with van der Waals surface area (Å²) in [6.07, 6.45) is 6.08. The summed E-state index contributed by atoms with van der Waals surface area (Å²) in [7, 11) is 0. The van der Waals surface area contributed by atoms with Gasteiger partial charge in [0.05, 0.1) is 32.0 Å². The third-order valence-corrected chi connectivity index (χ3v) is 9.97. The van der Waals surface area contributed by atoms with Crippen LogP contribution in [0.3, 0.4) is 0 Å². The van der Waals surface area contributed by atoms with Gasteiger partial charge in [0.1, 0.15) is 48.8 Å². The molecule has 9 N–H and O–H groups in total. The summed E-state index contributed by atoms with van der Waals surface area (Å²) in [4.78, 5) is 12.8. The molecular weight excluding hydrogens is 678 g/mol. The topological polar surface area (TPSA) is 228 Å². The number of allylic oxidation sites excluding steroid dienone is 1. The second kappa shape index (κ2) is 27.3. The van der Waals surface area contributed by atoms with Crippen LogP contribution in [0.25, 0.3) is 0 Å². The molecule has 14 heteroatoms. The van der Waals surface area contributed by atoms with E-state index in [1.54, 1.807) is 6.08 Å². The number of ether oxygens (including phenoxy) is 4. The molecule has 0 aliphatic carbocycles. The fourth-order valence-corrected chi connectivity index (χ4v) is 6.58. The maximum Gasteiger partial charge on any atom is 0.220 e. The SMILES string of the molecule is CCCCCCCCCCCCC/C=C/[C@@H](O)[C@H](COC1OC(CO)C(OC2OC(CO)C(O)C(O)C2O)C(O)C1O)NC(=O)CCCCCCC. The third kappa shape index (κ3) is 16.6. The van der Waals surface area contributed by atoms with Gasteiger partial charge in [-0.15, -0.1) is 0 Å². The first-order chi connectivity index (χ1) is 25.1. The second-order valence-corrected chi connectivity index (χ2v) is 14.4. The van der Waals surface area contributed by atoms with Crippen molar-refractivity contribution in [3.8, 4) is 0 Å². The van der Waals surface area contributed by atoms with Crippen molar-refractivity contribution < 1.29 is 64.6 Å². The van der Waals surface area contributed by atoms with Crippen molar-refractivity contribution in [2.75, 3.05) is 19.8 Å². The number of nitrogens with one attached hydrogen (secondary N) is 1. The molecule has 2 aliphatic rings. The fourth-order valence-electron chi connectivity index (χ4n) is 6.58. The number of aliphatic hydroxyl groups is 8.